The highest BCUT2D eigenvalue weighted by Crippen LogP contribution is 2.51. The smallest absolute Gasteiger partial charge is 0.410 e. The zero-order valence-corrected chi connectivity index (χ0v) is 20.6. The van der Waals surface area contributed by atoms with Crippen molar-refractivity contribution in [3.05, 3.63) is 42.2 Å². The maximum Gasteiger partial charge on any atom is 0.410 e. The summed E-state index contributed by atoms with van der Waals surface area (Å²) in [5.74, 6) is 1.68. The fourth-order valence-corrected chi connectivity index (χ4v) is 4.51. The van der Waals surface area contributed by atoms with Crippen LogP contribution in [0.2, 0.25) is 0 Å². The Kier molecular flexibility index (Phi) is 5.41. The number of methoxy groups -OCH3 is 1. The molecule has 4 heterocycles. The van der Waals surface area contributed by atoms with Crippen LogP contribution < -0.4 is 10.1 Å². The monoisotopic (exact) mass is 463 g/mol. The van der Waals surface area contributed by atoms with Crippen LogP contribution in [0, 0.1) is 0 Å². The lowest BCUT2D eigenvalue weighted by molar-refractivity contribution is 0.0293. The molecule has 1 aliphatic heterocycles. The van der Waals surface area contributed by atoms with Crippen molar-refractivity contribution in [2.45, 2.75) is 64.0 Å². The number of ether oxygens (including phenoxy) is 2. The topological polar surface area (TPSA) is 81.0 Å². The van der Waals surface area contributed by atoms with Crippen molar-refractivity contribution in [3.8, 4) is 17.1 Å². The van der Waals surface area contributed by atoms with E-state index in [4.69, 9.17) is 14.5 Å². The van der Waals surface area contributed by atoms with Crippen LogP contribution in [-0.4, -0.2) is 57.2 Å². The molecule has 1 aliphatic carbocycles. The molecule has 8 nitrogen and oxygen atoms in total. The second-order valence-corrected chi connectivity index (χ2v) is 10.7. The lowest BCUT2D eigenvalue weighted by Gasteiger charge is -2.24. The van der Waals surface area contributed by atoms with Gasteiger partial charge >= 0.3 is 6.09 Å². The van der Waals surface area contributed by atoms with Gasteiger partial charge in [-0.2, -0.15) is 0 Å². The molecule has 1 saturated carbocycles. The summed E-state index contributed by atoms with van der Waals surface area (Å²) in [5, 5.41) is 3.49. The second kappa shape index (κ2) is 8.18. The standard InChI is InChI=1S/C26H33N5O3/c1-25(2,3)34-24(32)30-12-9-17(15-30)28-22-8-6-7-19(29-22)20-14-27-23-13-21(33-5)18(16-31(20)23)26(4)10-11-26/h6-8,13-14,16-17H,9-12,15H2,1-5H3,(H,28,29). The zero-order valence-electron chi connectivity index (χ0n) is 20.6. The summed E-state index contributed by atoms with van der Waals surface area (Å²) in [6, 6.07) is 8.09. The Hall–Kier alpha value is -3.29. The van der Waals surface area contributed by atoms with Gasteiger partial charge in [0, 0.05) is 37.0 Å². The molecular weight excluding hydrogens is 430 g/mol. The van der Waals surface area contributed by atoms with Crippen molar-refractivity contribution in [1.82, 2.24) is 19.3 Å². The number of likely N-dealkylation sites (tertiary alicyclic amines) is 1. The average Bonchev–Trinajstić information content (AvgIpc) is 3.19. The first kappa shape index (κ1) is 22.5. The highest BCUT2D eigenvalue weighted by Gasteiger charge is 2.41. The third kappa shape index (κ3) is 4.41. The Bertz CT molecular complexity index is 1220. The molecule has 34 heavy (non-hydrogen) atoms. The number of carbonyl (C=O) groups excluding carboxylic acids is 1. The van der Waals surface area contributed by atoms with Gasteiger partial charge in [0.2, 0.25) is 0 Å². The van der Waals surface area contributed by atoms with Crippen LogP contribution in [0.25, 0.3) is 17.0 Å². The fourth-order valence-electron chi connectivity index (χ4n) is 4.51. The molecular formula is C26H33N5O3. The Morgan fingerprint density at radius 1 is 1.26 bits per heavy atom. The summed E-state index contributed by atoms with van der Waals surface area (Å²) >= 11 is 0. The van der Waals surface area contributed by atoms with Gasteiger partial charge in [0.1, 0.15) is 22.8 Å². The fraction of sp³-hybridized carbons (Fsp3) is 0.500. The molecule has 5 rings (SSSR count). The number of nitrogens with zero attached hydrogens (tertiary/aromatic N) is 4. The number of fused-ring (bicyclic) bond motifs is 1. The van der Waals surface area contributed by atoms with Crippen molar-refractivity contribution in [1.29, 1.82) is 0 Å². The number of hydrogen-bond acceptors (Lipinski definition) is 6. The van der Waals surface area contributed by atoms with Crippen LogP contribution in [0.3, 0.4) is 0 Å². The molecule has 1 saturated heterocycles. The van der Waals surface area contributed by atoms with E-state index >= 15 is 0 Å². The van der Waals surface area contributed by atoms with E-state index in [9.17, 15) is 4.79 Å². The molecule has 0 spiro atoms. The average molecular weight is 464 g/mol. The summed E-state index contributed by atoms with van der Waals surface area (Å²) < 4.78 is 13.3. The minimum absolute atomic E-state index is 0.128. The predicted molar refractivity (Wildman–Crippen MR) is 131 cm³/mol. The quantitative estimate of drug-likeness (QED) is 0.581. The van der Waals surface area contributed by atoms with Crippen LogP contribution in [-0.2, 0) is 10.2 Å². The van der Waals surface area contributed by atoms with E-state index in [0.29, 0.717) is 13.1 Å². The van der Waals surface area contributed by atoms with Gasteiger partial charge in [0.05, 0.1) is 24.7 Å². The second-order valence-electron chi connectivity index (χ2n) is 10.7. The summed E-state index contributed by atoms with van der Waals surface area (Å²) in [6.45, 7) is 9.20. The van der Waals surface area contributed by atoms with Gasteiger partial charge in [-0.1, -0.05) is 13.0 Å². The molecule has 1 unspecified atom stereocenters. The Morgan fingerprint density at radius 3 is 2.76 bits per heavy atom. The van der Waals surface area contributed by atoms with Gasteiger partial charge in [-0.15, -0.1) is 0 Å². The number of aromatic nitrogens is 3. The zero-order chi connectivity index (χ0) is 24.1. The van der Waals surface area contributed by atoms with E-state index < -0.39 is 5.60 Å². The number of carbonyl (C=O) groups is 1. The normalized spacial score (nSPS) is 19.3. The van der Waals surface area contributed by atoms with Gasteiger partial charge in [0.15, 0.2) is 0 Å². The van der Waals surface area contributed by atoms with E-state index in [1.165, 1.54) is 5.56 Å². The Labute approximate surface area is 200 Å². The summed E-state index contributed by atoms with van der Waals surface area (Å²) in [6.07, 6.45) is 6.93. The molecule has 0 bridgehead atoms. The van der Waals surface area contributed by atoms with Crippen LogP contribution in [0.5, 0.6) is 5.75 Å². The highest BCUT2D eigenvalue weighted by atomic mass is 16.6. The molecule has 3 aromatic rings. The van der Waals surface area contributed by atoms with Gasteiger partial charge in [-0.3, -0.25) is 4.40 Å². The van der Waals surface area contributed by atoms with Crippen molar-refractivity contribution in [2.75, 3.05) is 25.5 Å². The molecule has 2 aliphatic rings. The van der Waals surface area contributed by atoms with Crippen LogP contribution in [0.1, 0.15) is 52.5 Å². The van der Waals surface area contributed by atoms with Crippen molar-refractivity contribution < 1.29 is 14.3 Å². The van der Waals surface area contributed by atoms with Gasteiger partial charge in [0.25, 0.3) is 0 Å². The summed E-state index contributed by atoms with van der Waals surface area (Å²) in [7, 11) is 1.72. The minimum atomic E-state index is -0.493. The van der Waals surface area contributed by atoms with Crippen LogP contribution >= 0.6 is 0 Å². The van der Waals surface area contributed by atoms with Crippen molar-refractivity contribution >= 4 is 17.6 Å². The molecule has 8 heteroatoms. The number of hydrogen-bond donors (Lipinski definition) is 1. The molecule has 1 amide bonds. The number of nitrogens with one attached hydrogen (secondary N) is 1. The maximum absolute atomic E-state index is 12.4. The third-order valence-corrected chi connectivity index (χ3v) is 6.68. The first-order chi connectivity index (χ1) is 16.1. The number of imidazole rings is 1. The van der Waals surface area contributed by atoms with Gasteiger partial charge < -0.3 is 19.7 Å². The highest BCUT2D eigenvalue weighted by molar-refractivity contribution is 5.69. The summed E-state index contributed by atoms with van der Waals surface area (Å²) in [4.78, 5) is 23.6. The number of anilines is 1. The number of amides is 1. The Balaban J connectivity index is 1.35. The van der Waals surface area contributed by atoms with Crippen LogP contribution in [0.4, 0.5) is 10.6 Å². The van der Waals surface area contributed by atoms with E-state index in [1.54, 1.807) is 12.0 Å². The van der Waals surface area contributed by atoms with Crippen molar-refractivity contribution in [2.24, 2.45) is 0 Å². The SMILES string of the molecule is COc1cc2ncc(-c3cccc(NC4CCN(C(=O)OC(C)(C)C)C4)n3)n2cc1C1(C)CC1. The molecule has 2 fully saturated rings. The molecule has 3 aromatic heterocycles. The van der Waals surface area contributed by atoms with E-state index in [-0.39, 0.29) is 17.6 Å². The number of pyridine rings is 2. The predicted octanol–water partition coefficient (Wildman–Crippen LogP) is 4.88. The van der Waals surface area contributed by atoms with E-state index in [0.717, 1.165) is 47.9 Å². The first-order valence-corrected chi connectivity index (χ1v) is 11.9. The number of rotatable bonds is 5. The maximum atomic E-state index is 12.4. The molecule has 0 radical (unpaired) electrons. The first-order valence-electron chi connectivity index (χ1n) is 11.9. The third-order valence-electron chi connectivity index (χ3n) is 6.68. The Morgan fingerprint density at radius 2 is 2.06 bits per heavy atom. The van der Waals surface area contributed by atoms with E-state index in [2.05, 4.69) is 27.8 Å². The molecule has 1 atom stereocenters. The lowest BCUT2D eigenvalue weighted by atomic mass is 9.99. The lowest BCUT2D eigenvalue weighted by Crippen LogP contribution is -2.36. The summed E-state index contributed by atoms with van der Waals surface area (Å²) in [5.41, 5.74) is 3.51. The van der Waals surface area contributed by atoms with Crippen LogP contribution in [0.15, 0.2) is 36.7 Å². The van der Waals surface area contributed by atoms with E-state index in [1.807, 2.05) is 51.2 Å². The van der Waals surface area contributed by atoms with Gasteiger partial charge in [-0.25, -0.2) is 14.8 Å². The minimum Gasteiger partial charge on any atom is -0.496 e. The molecule has 180 valence electrons. The molecule has 1 N–H and O–H groups in total. The van der Waals surface area contributed by atoms with Gasteiger partial charge in [-0.05, 0) is 57.6 Å². The molecule has 0 aromatic carbocycles. The largest absolute Gasteiger partial charge is 0.496 e. The van der Waals surface area contributed by atoms with Crippen molar-refractivity contribution in [3.63, 3.8) is 0 Å².